The number of carbonyl (C=O) groups excluding carboxylic acids is 1. The molecular weight excluding hydrogens is 366 g/mol. The van der Waals surface area contributed by atoms with Crippen LogP contribution in [0.5, 0.6) is 0 Å². The normalized spacial score (nSPS) is 16.0. The summed E-state index contributed by atoms with van der Waals surface area (Å²) in [6, 6.07) is 0. The first-order valence-corrected chi connectivity index (χ1v) is 10.2. The smallest absolute Gasteiger partial charge is 0.305 e. The van der Waals surface area contributed by atoms with Crippen LogP contribution in [-0.4, -0.2) is 25.3 Å². The van der Waals surface area contributed by atoms with Crippen molar-refractivity contribution >= 4 is 5.97 Å². The number of rotatable bonds is 17. The number of allylic oxidation sites excluding steroid dienone is 2. The van der Waals surface area contributed by atoms with Gasteiger partial charge in [-0.25, -0.2) is 0 Å². The van der Waals surface area contributed by atoms with Gasteiger partial charge in [-0.3, -0.25) is 4.79 Å². The third-order valence-corrected chi connectivity index (χ3v) is 4.48. The summed E-state index contributed by atoms with van der Waals surface area (Å²) in [7, 11) is 0. The van der Waals surface area contributed by atoms with Crippen molar-refractivity contribution in [3.8, 4) is 0 Å². The van der Waals surface area contributed by atoms with E-state index in [1.165, 1.54) is 70.6 Å². The van der Waals surface area contributed by atoms with E-state index in [2.05, 4.69) is 19.1 Å². The van der Waals surface area contributed by atoms with E-state index in [-0.39, 0.29) is 31.6 Å². The number of esters is 1. The van der Waals surface area contributed by atoms with E-state index in [1.807, 2.05) is 0 Å². The zero-order chi connectivity index (χ0) is 17.3. The van der Waals surface area contributed by atoms with Crippen molar-refractivity contribution in [3.63, 3.8) is 0 Å². The monoisotopic (exact) mass is 402 g/mol. The van der Waals surface area contributed by atoms with Crippen LogP contribution in [0, 0.1) is 0 Å². The van der Waals surface area contributed by atoms with Gasteiger partial charge in [0.25, 0.3) is 0 Å². The summed E-state index contributed by atoms with van der Waals surface area (Å²) in [6.07, 6.45) is 22.1. The number of carbonyl (C=O) groups is 1. The van der Waals surface area contributed by atoms with Gasteiger partial charge >= 0.3 is 5.97 Å². The first-order valence-electron chi connectivity index (χ1n) is 10.2. The molecule has 1 aliphatic rings. The zero-order valence-corrected chi connectivity index (χ0v) is 19.4. The topological polar surface area (TPSA) is 38.8 Å². The van der Waals surface area contributed by atoms with Crippen LogP contribution < -0.4 is 0 Å². The predicted molar refractivity (Wildman–Crippen MR) is 100 cm³/mol. The number of hydrogen-bond acceptors (Lipinski definition) is 3. The second kappa shape index (κ2) is 18.6. The molecule has 1 rings (SSSR count). The van der Waals surface area contributed by atoms with Crippen LogP contribution in [0.15, 0.2) is 12.2 Å². The van der Waals surface area contributed by atoms with Crippen molar-refractivity contribution in [2.45, 2.75) is 103 Å². The van der Waals surface area contributed by atoms with Crippen molar-refractivity contribution in [1.29, 1.82) is 0 Å². The molecule has 0 saturated carbocycles. The number of epoxide rings is 1. The Labute approximate surface area is 168 Å². The largest absolute Gasteiger partial charge is 0.463 e. The molecule has 1 aliphatic heterocycles. The minimum absolute atomic E-state index is 0. The Hall–Kier alpha value is -0.207. The van der Waals surface area contributed by atoms with Gasteiger partial charge in [0.2, 0.25) is 0 Å². The Bertz CT molecular complexity index is 327. The number of ether oxygens (including phenoxy) is 2. The van der Waals surface area contributed by atoms with Crippen LogP contribution in [0.4, 0.5) is 0 Å². The second-order valence-electron chi connectivity index (χ2n) is 6.97. The Morgan fingerprint density at radius 2 is 1.44 bits per heavy atom. The van der Waals surface area contributed by atoms with E-state index in [1.54, 1.807) is 0 Å². The van der Waals surface area contributed by atoms with Gasteiger partial charge < -0.3 is 9.47 Å². The molecule has 25 heavy (non-hydrogen) atoms. The van der Waals surface area contributed by atoms with E-state index >= 15 is 0 Å². The summed E-state index contributed by atoms with van der Waals surface area (Å²) < 4.78 is 10.1. The van der Waals surface area contributed by atoms with Crippen LogP contribution in [0.3, 0.4) is 0 Å². The van der Waals surface area contributed by atoms with E-state index < -0.39 is 0 Å². The van der Waals surface area contributed by atoms with Crippen LogP contribution >= 0.6 is 0 Å². The fourth-order valence-electron chi connectivity index (χ4n) is 2.76. The standard InChI is InChI=1S/C21H38O3.Zn/c1-2-3-4-5-6-7-8-9-10-11-12-13-14-15-16-17-21(22)24-19-20-18-23-20;/h9-10,20H,2-8,11-19H2,1H3;/b10-9-;. The van der Waals surface area contributed by atoms with Gasteiger partial charge in [0.05, 0.1) is 6.61 Å². The number of unbranched alkanes of at least 4 members (excludes halogenated alkanes) is 11. The Morgan fingerprint density at radius 3 is 2.00 bits per heavy atom. The van der Waals surface area contributed by atoms with Gasteiger partial charge in [-0.2, -0.15) is 0 Å². The minimum Gasteiger partial charge on any atom is -0.463 e. The minimum atomic E-state index is -0.0665. The molecule has 0 aromatic heterocycles. The van der Waals surface area contributed by atoms with Crippen LogP contribution in [0.2, 0.25) is 0 Å². The summed E-state index contributed by atoms with van der Waals surface area (Å²) in [5.41, 5.74) is 0. The Morgan fingerprint density at radius 1 is 0.920 bits per heavy atom. The molecule has 1 unspecified atom stereocenters. The van der Waals surface area contributed by atoms with Crippen molar-refractivity contribution in [2.24, 2.45) is 0 Å². The third-order valence-electron chi connectivity index (χ3n) is 4.48. The molecule has 1 saturated heterocycles. The predicted octanol–water partition coefficient (Wildman–Crippen LogP) is 5.96. The van der Waals surface area contributed by atoms with E-state index in [4.69, 9.17) is 9.47 Å². The quantitative estimate of drug-likeness (QED) is 0.0987. The molecule has 0 aromatic rings. The van der Waals surface area contributed by atoms with Gasteiger partial charge in [0.15, 0.2) is 0 Å². The molecule has 0 aliphatic carbocycles. The molecule has 0 radical (unpaired) electrons. The zero-order valence-electron chi connectivity index (χ0n) is 16.5. The Balaban J connectivity index is 0.00000576. The second-order valence-corrected chi connectivity index (χ2v) is 6.97. The molecule has 4 heteroatoms. The van der Waals surface area contributed by atoms with Gasteiger partial charge in [-0.05, 0) is 32.1 Å². The van der Waals surface area contributed by atoms with E-state index in [0.717, 1.165) is 19.4 Å². The molecule has 1 heterocycles. The van der Waals surface area contributed by atoms with Crippen LogP contribution in [-0.2, 0) is 33.7 Å². The summed E-state index contributed by atoms with van der Waals surface area (Å²) in [4.78, 5) is 11.4. The van der Waals surface area contributed by atoms with Gasteiger partial charge in [-0.15, -0.1) is 0 Å². The molecule has 0 bridgehead atoms. The maximum atomic E-state index is 11.4. The van der Waals surface area contributed by atoms with Crippen molar-refractivity contribution in [1.82, 2.24) is 0 Å². The number of hydrogen-bond donors (Lipinski definition) is 0. The first-order chi connectivity index (χ1) is 11.8. The molecule has 3 nitrogen and oxygen atoms in total. The van der Waals surface area contributed by atoms with Gasteiger partial charge in [-0.1, -0.05) is 70.4 Å². The maximum absolute atomic E-state index is 11.4. The van der Waals surface area contributed by atoms with Gasteiger partial charge in [0.1, 0.15) is 12.7 Å². The molecular formula is C21H38O3Zn. The summed E-state index contributed by atoms with van der Waals surface area (Å²) in [5, 5.41) is 0. The molecule has 0 amide bonds. The molecule has 1 fully saturated rings. The summed E-state index contributed by atoms with van der Waals surface area (Å²) in [5.74, 6) is -0.0665. The summed E-state index contributed by atoms with van der Waals surface area (Å²) >= 11 is 0. The summed E-state index contributed by atoms with van der Waals surface area (Å²) in [6.45, 7) is 3.47. The van der Waals surface area contributed by atoms with E-state index in [9.17, 15) is 4.79 Å². The average Bonchev–Trinajstić information content (AvgIpc) is 3.41. The molecule has 142 valence electrons. The Kier molecular flexibility index (Phi) is 18.4. The molecule has 0 N–H and O–H groups in total. The van der Waals surface area contributed by atoms with Crippen LogP contribution in [0.25, 0.3) is 0 Å². The van der Waals surface area contributed by atoms with Crippen LogP contribution in [0.1, 0.15) is 96.8 Å². The molecule has 0 spiro atoms. The van der Waals surface area contributed by atoms with Crippen molar-refractivity contribution in [3.05, 3.63) is 12.2 Å². The first kappa shape index (κ1) is 24.8. The molecule has 1 atom stereocenters. The fraction of sp³-hybridized carbons (Fsp3) is 0.857. The van der Waals surface area contributed by atoms with E-state index in [0.29, 0.717) is 13.0 Å². The SMILES string of the molecule is CCCCCCCC/C=C\CCCCCCCC(=O)OCC1CO1.[Zn]. The average molecular weight is 404 g/mol. The molecule has 0 aromatic carbocycles. The van der Waals surface area contributed by atoms with Crippen molar-refractivity contribution < 1.29 is 33.7 Å². The fourth-order valence-corrected chi connectivity index (χ4v) is 2.76. The van der Waals surface area contributed by atoms with Gasteiger partial charge in [0, 0.05) is 25.9 Å². The third kappa shape index (κ3) is 18.4. The maximum Gasteiger partial charge on any atom is 0.305 e. The van der Waals surface area contributed by atoms with Crippen molar-refractivity contribution in [2.75, 3.05) is 13.2 Å².